The number of ether oxygens (including phenoxy) is 2. The molecule has 2 amide bonds. The van der Waals surface area contributed by atoms with E-state index in [4.69, 9.17) is 21.1 Å². The summed E-state index contributed by atoms with van der Waals surface area (Å²) in [5.41, 5.74) is 4.89. The van der Waals surface area contributed by atoms with Crippen molar-refractivity contribution in [3.05, 3.63) is 94.0 Å². The molecule has 3 rings (SSSR count). The Kier molecular flexibility index (Phi) is 10.3. The van der Waals surface area contributed by atoms with Gasteiger partial charge in [-0.25, -0.2) is 5.43 Å². The molecule has 2 N–H and O–H groups in total. The number of hydrogen-bond donors (Lipinski definition) is 2. The molecule has 0 aliphatic carbocycles. The normalized spacial score (nSPS) is 11.6. The average Bonchev–Trinajstić information content (AvgIpc) is 2.91. The van der Waals surface area contributed by atoms with E-state index >= 15 is 0 Å². The molecule has 0 saturated heterocycles. The Morgan fingerprint density at radius 3 is 2.47 bits per heavy atom. The van der Waals surface area contributed by atoms with Gasteiger partial charge < -0.3 is 14.8 Å². The monoisotopic (exact) mass is 532 g/mol. The van der Waals surface area contributed by atoms with Crippen LogP contribution in [-0.4, -0.2) is 30.7 Å². The lowest BCUT2D eigenvalue weighted by Crippen LogP contribution is -2.48. The van der Waals surface area contributed by atoms with E-state index in [-0.39, 0.29) is 18.4 Å². The Labute approximate surface area is 227 Å². The van der Waals surface area contributed by atoms with Crippen molar-refractivity contribution in [2.45, 2.75) is 33.4 Å². The fourth-order valence-corrected chi connectivity index (χ4v) is 3.63. The summed E-state index contributed by atoms with van der Waals surface area (Å²) in [5.74, 6) is 0.0280. The third kappa shape index (κ3) is 7.82. The third-order valence-electron chi connectivity index (χ3n) is 5.52. The van der Waals surface area contributed by atoms with Gasteiger partial charge in [0.05, 0.1) is 24.5 Å². The lowest BCUT2D eigenvalue weighted by molar-refractivity contribution is -0.123. The third-order valence-corrected chi connectivity index (χ3v) is 5.77. The topological polar surface area (TPSA) is 113 Å². The fourth-order valence-electron chi connectivity index (χ4n) is 3.50. The largest absolute Gasteiger partial charge is 0.490 e. The number of nitriles is 1. The van der Waals surface area contributed by atoms with Crippen LogP contribution in [0.3, 0.4) is 0 Å². The molecule has 3 aromatic rings. The highest BCUT2D eigenvalue weighted by atomic mass is 35.5. The number of benzene rings is 3. The average molecular weight is 533 g/mol. The maximum absolute atomic E-state index is 12.8. The summed E-state index contributed by atoms with van der Waals surface area (Å²) >= 11 is 5.88. The predicted molar refractivity (Wildman–Crippen MR) is 146 cm³/mol. The predicted octanol–water partition coefficient (Wildman–Crippen LogP) is 5.09. The Morgan fingerprint density at radius 2 is 1.79 bits per heavy atom. The molecule has 0 saturated carbocycles. The molecule has 1 atom stereocenters. The van der Waals surface area contributed by atoms with E-state index in [2.05, 4.69) is 21.9 Å². The first kappa shape index (κ1) is 28.2. The van der Waals surface area contributed by atoms with Gasteiger partial charge >= 0.3 is 0 Å². The van der Waals surface area contributed by atoms with Crippen LogP contribution < -0.4 is 20.2 Å². The number of rotatable bonds is 11. The second kappa shape index (κ2) is 13.8. The van der Waals surface area contributed by atoms with Gasteiger partial charge in [-0.15, -0.1) is 0 Å². The molecular formula is C29H29ClN4O4. The number of amides is 2. The highest BCUT2D eigenvalue weighted by molar-refractivity contribution is 6.30. The molecule has 0 spiro atoms. The molecule has 8 nitrogen and oxygen atoms in total. The molecule has 3 aromatic carbocycles. The molecule has 9 heteroatoms. The first-order valence-corrected chi connectivity index (χ1v) is 12.5. The van der Waals surface area contributed by atoms with Gasteiger partial charge in [0, 0.05) is 16.1 Å². The summed E-state index contributed by atoms with van der Waals surface area (Å²) in [5, 5.41) is 16.6. The maximum Gasteiger partial charge on any atom is 0.262 e. The van der Waals surface area contributed by atoms with Gasteiger partial charge in [0.1, 0.15) is 12.6 Å². The van der Waals surface area contributed by atoms with Crippen molar-refractivity contribution in [3.8, 4) is 17.6 Å². The summed E-state index contributed by atoms with van der Waals surface area (Å²) in [6.07, 6.45) is 1.48. The number of hydrazone groups is 1. The highest BCUT2D eigenvalue weighted by Crippen LogP contribution is 2.29. The van der Waals surface area contributed by atoms with Gasteiger partial charge in [-0.05, 0) is 66.9 Å². The number of carbonyl (C=O) groups is 2. The van der Waals surface area contributed by atoms with E-state index in [0.717, 1.165) is 5.56 Å². The first-order valence-electron chi connectivity index (χ1n) is 12.1. The number of carbonyl (C=O) groups excluding carboxylic acids is 2. The second-order valence-electron chi connectivity index (χ2n) is 8.63. The Balaban J connectivity index is 1.65. The van der Waals surface area contributed by atoms with Crippen LogP contribution >= 0.6 is 11.6 Å². The van der Waals surface area contributed by atoms with Crippen molar-refractivity contribution < 1.29 is 19.1 Å². The zero-order valence-electron chi connectivity index (χ0n) is 21.4. The zero-order chi connectivity index (χ0) is 27.5. The van der Waals surface area contributed by atoms with Crippen LogP contribution in [0.25, 0.3) is 0 Å². The molecule has 0 aliphatic rings. The molecule has 196 valence electrons. The lowest BCUT2D eigenvalue weighted by Gasteiger charge is -2.20. The van der Waals surface area contributed by atoms with Crippen molar-refractivity contribution >= 4 is 29.6 Å². The van der Waals surface area contributed by atoms with E-state index in [0.29, 0.717) is 39.8 Å². The van der Waals surface area contributed by atoms with Gasteiger partial charge in [-0.2, -0.15) is 10.4 Å². The van der Waals surface area contributed by atoms with Gasteiger partial charge in [0.15, 0.2) is 11.5 Å². The van der Waals surface area contributed by atoms with Crippen molar-refractivity contribution in [1.82, 2.24) is 10.7 Å². The van der Waals surface area contributed by atoms with Crippen LogP contribution in [-0.2, 0) is 11.4 Å². The van der Waals surface area contributed by atoms with Crippen molar-refractivity contribution in [3.63, 3.8) is 0 Å². The maximum atomic E-state index is 12.8. The van der Waals surface area contributed by atoms with Crippen molar-refractivity contribution in [2.24, 2.45) is 11.0 Å². The van der Waals surface area contributed by atoms with Crippen LogP contribution in [0.1, 0.15) is 47.8 Å². The van der Waals surface area contributed by atoms with Gasteiger partial charge in [0.25, 0.3) is 11.8 Å². The first-order chi connectivity index (χ1) is 18.3. The van der Waals surface area contributed by atoms with Gasteiger partial charge in [-0.1, -0.05) is 43.6 Å². The minimum absolute atomic E-state index is 0.173. The van der Waals surface area contributed by atoms with E-state index in [9.17, 15) is 14.9 Å². The summed E-state index contributed by atoms with van der Waals surface area (Å²) < 4.78 is 11.6. The standard InChI is InChI=1S/C29H29ClN4O4/c1-4-37-26-15-20(9-14-25(26)38-18-23-8-6-5-7-22(23)16-31)17-32-34-29(36)27(19(2)3)33-28(35)21-10-12-24(30)13-11-21/h5-15,17,19,27H,4,18H2,1-3H3,(H,33,35)(H,34,36)/b32-17-. The zero-order valence-corrected chi connectivity index (χ0v) is 22.2. The number of halogens is 1. The summed E-state index contributed by atoms with van der Waals surface area (Å²) in [4.78, 5) is 25.3. The SMILES string of the molecule is CCOc1cc(/C=N\NC(=O)C(NC(=O)c2ccc(Cl)cc2)C(C)C)ccc1OCc1ccccc1C#N. The number of nitrogens with one attached hydrogen (secondary N) is 2. The minimum atomic E-state index is -0.790. The minimum Gasteiger partial charge on any atom is -0.490 e. The summed E-state index contributed by atoms with van der Waals surface area (Å²) in [6, 6.07) is 20.3. The molecule has 0 aromatic heterocycles. The second-order valence-corrected chi connectivity index (χ2v) is 9.07. The van der Waals surface area contributed by atoms with Crippen molar-refractivity contribution in [2.75, 3.05) is 6.61 Å². The molecule has 0 heterocycles. The molecule has 0 fully saturated rings. The Hall–Kier alpha value is -4.35. The number of hydrogen-bond acceptors (Lipinski definition) is 6. The van der Waals surface area contributed by atoms with Crippen LogP contribution in [0.4, 0.5) is 0 Å². The molecular weight excluding hydrogens is 504 g/mol. The molecule has 38 heavy (non-hydrogen) atoms. The summed E-state index contributed by atoms with van der Waals surface area (Å²) in [7, 11) is 0. The van der Waals surface area contributed by atoms with E-state index in [1.54, 1.807) is 54.6 Å². The highest BCUT2D eigenvalue weighted by Gasteiger charge is 2.24. The van der Waals surface area contributed by atoms with Crippen LogP contribution in [0.15, 0.2) is 71.8 Å². The fraction of sp³-hybridized carbons (Fsp3) is 0.241. The van der Waals surface area contributed by atoms with Crippen LogP contribution in [0.5, 0.6) is 11.5 Å². The molecule has 0 radical (unpaired) electrons. The molecule has 0 aliphatic heterocycles. The van der Waals surface area contributed by atoms with Crippen LogP contribution in [0.2, 0.25) is 5.02 Å². The van der Waals surface area contributed by atoms with E-state index in [1.807, 2.05) is 32.9 Å². The van der Waals surface area contributed by atoms with E-state index in [1.165, 1.54) is 6.21 Å². The Bertz CT molecular complexity index is 1330. The molecule has 0 bridgehead atoms. The molecule has 1 unspecified atom stereocenters. The smallest absolute Gasteiger partial charge is 0.262 e. The van der Waals surface area contributed by atoms with Crippen molar-refractivity contribution in [1.29, 1.82) is 5.26 Å². The Morgan fingerprint density at radius 1 is 1.05 bits per heavy atom. The lowest BCUT2D eigenvalue weighted by atomic mass is 10.0. The van der Waals surface area contributed by atoms with Gasteiger partial charge in [-0.3, -0.25) is 9.59 Å². The number of nitrogens with zero attached hydrogens (tertiary/aromatic N) is 2. The quantitative estimate of drug-likeness (QED) is 0.264. The van der Waals surface area contributed by atoms with Gasteiger partial charge in [0.2, 0.25) is 0 Å². The summed E-state index contributed by atoms with van der Waals surface area (Å²) in [6.45, 7) is 6.16. The van der Waals surface area contributed by atoms with E-state index < -0.39 is 11.9 Å². The van der Waals surface area contributed by atoms with Crippen LogP contribution in [0, 0.1) is 17.2 Å².